The van der Waals surface area contributed by atoms with E-state index in [9.17, 15) is 14.4 Å². The normalized spacial score (nSPS) is 14.1. The molecule has 52 heavy (non-hydrogen) atoms. The van der Waals surface area contributed by atoms with E-state index in [4.69, 9.17) is 31.0 Å². The molecule has 0 bridgehead atoms. The van der Waals surface area contributed by atoms with Crippen molar-refractivity contribution in [3.63, 3.8) is 0 Å². The summed E-state index contributed by atoms with van der Waals surface area (Å²) in [6.45, 7) is 22.2. The molecule has 0 aromatic rings. The van der Waals surface area contributed by atoms with Gasteiger partial charge in [-0.1, -0.05) is 28.0 Å². The summed E-state index contributed by atoms with van der Waals surface area (Å²) in [5, 5.41) is 82.2. The highest BCUT2D eigenvalue weighted by Crippen LogP contribution is 2.12. The van der Waals surface area contributed by atoms with Crippen molar-refractivity contribution in [1.82, 2.24) is 26.6 Å². The summed E-state index contributed by atoms with van der Waals surface area (Å²) < 4.78 is 0. The average Bonchev–Trinajstić information content (AvgIpc) is 3.04. The van der Waals surface area contributed by atoms with Gasteiger partial charge in [-0.25, -0.2) is 0 Å². The highest BCUT2D eigenvalue weighted by molar-refractivity contribution is 5.94. The van der Waals surface area contributed by atoms with Crippen LogP contribution >= 0.6 is 0 Å². The van der Waals surface area contributed by atoms with Crippen molar-refractivity contribution < 1.29 is 45.4 Å². The average molecular weight is 748 g/mol. The van der Waals surface area contributed by atoms with Gasteiger partial charge in [0.15, 0.2) is 0 Å². The van der Waals surface area contributed by atoms with E-state index in [1.165, 1.54) is 0 Å². The Morgan fingerprint density at radius 1 is 0.538 bits per heavy atom. The molecule has 0 spiro atoms. The zero-order chi connectivity index (χ0) is 40.1. The first-order valence-corrected chi connectivity index (χ1v) is 16.9. The summed E-state index contributed by atoms with van der Waals surface area (Å²) in [7, 11) is 0. The number of carbonyl (C=O) groups is 3. The molecule has 304 valence electrons. The van der Waals surface area contributed by atoms with Crippen LogP contribution in [0.15, 0.2) is 20.6 Å². The van der Waals surface area contributed by atoms with Crippen LogP contribution in [-0.4, -0.2) is 126 Å². The van der Waals surface area contributed by atoms with Crippen LogP contribution < -0.4 is 26.6 Å². The molecule has 0 radical (unpaired) electrons. The maximum Gasteiger partial charge on any atom is 0.303 e. The summed E-state index contributed by atoms with van der Waals surface area (Å²) in [5.74, 6) is -2.10. The van der Waals surface area contributed by atoms with Crippen LogP contribution in [0.1, 0.15) is 122 Å². The molecule has 0 aliphatic carbocycles. The third-order valence-electron chi connectivity index (χ3n) is 8.81. The van der Waals surface area contributed by atoms with Crippen LogP contribution in [0.2, 0.25) is 0 Å². The predicted octanol–water partition coefficient (Wildman–Crippen LogP) is 3.46. The number of aliphatic carboxylic acids is 2. The lowest BCUT2D eigenvalue weighted by atomic mass is 9.94. The number of amides is 1. The number of carboxylic acids is 2. The second-order valence-corrected chi connectivity index (χ2v) is 14.5. The monoisotopic (exact) mass is 748 g/mol. The highest BCUT2D eigenvalue weighted by Gasteiger charge is 2.28. The van der Waals surface area contributed by atoms with Gasteiger partial charge in [-0.2, -0.15) is 0 Å². The molecule has 1 amide bonds. The summed E-state index contributed by atoms with van der Waals surface area (Å²) in [5.41, 5.74) is -0.124. The minimum atomic E-state index is -0.936. The Labute approximate surface area is 309 Å². The minimum absolute atomic E-state index is 0. The van der Waals surface area contributed by atoms with Gasteiger partial charge in [0.25, 0.3) is 0 Å². The van der Waals surface area contributed by atoms with Crippen LogP contribution in [0.5, 0.6) is 0 Å². The van der Waals surface area contributed by atoms with Gasteiger partial charge in [-0.3, -0.25) is 14.4 Å². The molecule has 18 heteroatoms. The van der Waals surface area contributed by atoms with Gasteiger partial charge in [0.05, 0.1) is 57.5 Å². The van der Waals surface area contributed by atoms with Gasteiger partial charge >= 0.3 is 11.9 Å². The van der Waals surface area contributed by atoms with Gasteiger partial charge in [0, 0.05) is 32.4 Å². The maximum absolute atomic E-state index is 12.2. The molecule has 0 aliphatic rings. The highest BCUT2D eigenvalue weighted by atomic mass is 16.4. The molecule has 0 saturated carbocycles. The molecule has 0 aromatic heterocycles. The number of hydrogen-bond acceptors (Lipinski definition) is 15. The number of rotatable bonds is 24. The summed E-state index contributed by atoms with van der Waals surface area (Å²) in [6.07, 6.45) is 1.25. The fourth-order valence-electron chi connectivity index (χ4n) is 4.09. The van der Waals surface area contributed by atoms with E-state index in [0.717, 1.165) is 6.42 Å². The van der Waals surface area contributed by atoms with Crippen molar-refractivity contribution in [2.75, 3.05) is 26.2 Å². The van der Waals surface area contributed by atoms with Crippen molar-refractivity contribution in [3.8, 4) is 0 Å². The van der Waals surface area contributed by atoms with Crippen molar-refractivity contribution >= 4 is 40.7 Å². The van der Waals surface area contributed by atoms with Gasteiger partial charge in [-0.15, -0.1) is 0 Å². The number of oxime groups is 4. The Balaban J connectivity index is -0.000000923. The molecular formula is C34H69N9O9. The van der Waals surface area contributed by atoms with E-state index in [0.29, 0.717) is 49.0 Å². The molecule has 11 N–H and O–H groups in total. The first kappa shape index (κ1) is 52.5. The van der Waals surface area contributed by atoms with Crippen LogP contribution in [0.25, 0.3) is 0 Å². The first-order chi connectivity index (χ1) is 23.4. The first-order valence-electron chi connectivity index (χ1n) is 16.9. The molecule has 0 saturated heterocycles. The lowest BCUT2D eigenvalue weighted by Gasteiger charge is -2.32. The van der Waals surface area contributed by atoms with Crippen molar-refractivity contribution in [2.24, 2.45) is 20.6 Å². The predicted molar refractivity (Wildman–Crippen MR) is 204 cm³/mol. The SMILES string of the molecule is C.C/C(=N\O)C(C)(C)NCC(CNC(C)(C)/C(C)=N/O)NC(=O)CCCC(=O)O.C/C(=N\O)C(C)(C)NCCCNC(C)(C)/C(CCC(=O)O)=N/O. The largest absolute Gasteiger partial charge is 0.481 e. The maximum atomic E-state index is 12.2. The molecule has 0 aromatic carbocycles. The topological polar surface area (TPSA) is 282 Å². The molecule has 0 rings (SSSR count). The molecule has 0 atom stereocenters. The lowest BCUT2D eigenvalue weighted by Crippen LogP contribution is -2.57. The number of carboxylic acid groups (broad SMARTS) is 2. The zero-order valence-corrected chi connectivity index (χ0v) is 32.3. The Bertz CT molecular complexity index is 1180. The Kier molecular flexibility index (Phi) is 25.4. The Hall–Kier alpha value is -3.87. The summed E-state index contributed by atoms with van der Waals surface area (Å²) in [6, 6.07) is -0.325. The van der Waals surface area contributed by atoms with E-state index in [-0.39, 0.29) is 57.0 Å². The number of nitrogens with one attached hydrogen (secondary N) is 5. The van der Waals surface area contributed by atoms with E-state index in [2.05, 4.69) is 47.2 Å². The van der Waals surface area contributed by atoms with Crippen LogP contribution in [0, 0.1) is 0 Å². The molecule has 0 fully saturated rings. The molecule has 18 nitrogen and oxygen atoms in total. The van der Waals surface area contributed by atoms with Gasteiger partial charge in [0.1, 0.15) is 0 Å². The lowest BCUT2D eigenvalue weighted by molar-refractivity contribution is -0.138. The van der Waals surface area contributed by atoms with E-state index >= 15 is 0 Å². The third-order valence-corrected chi connectivity index (χ3v) is 8.81. The molecule has 0 aliphatic heterocycles. The second-order valence-electron chi connectivity index (χ2n) is 14.5. The van der Waals surface area contributed by atoms with E-state index < -0.39 is 28.6 Å². The standard InChI is InChI=1S/C18H35N5O5.C15H30N4O4.CH4/c1-12(22-27)17(3,4)19-10-14(11-20-18(5,6)13(2)23-28)21-15(24)8-7-9-16(25)26;1-11(18-22)14(2,3)16-9-6-10-17-15(4,5)12(19-23)7-8-13(20)21;/h14,19-20,27-28H,7-11H2,1-6H3,(H,21,24)(H,25,26);16-17,22-23H,6-10H2,1-5H3,(H,20,21);1H4/b22-12+,23-13+;18-11+,19-12+;. The minimum Gasteiger partial charge on any atom is -0.481 e. The fraction of sp³-hybridized carbons (Fsp3) is 0.794. The summed E-state index contributed by atoms with van der Waals surface area (Å²) in [4.78, 5) is 33.4. The van der Waals surface area contributed by atoms with Crippen molar-refractivity contribution in [1.29, 1.82) is 0 Å². The third kappa shape index (κ3) is 22.1. The number of nitrogens with zero attached hydrogens (tertiary/aromatic N) is 4. The van der Waals surface area contributed by atoms with Crippen molar-refractivity contribution in [2.45, 2.75) is 150 Å². The van der Waals surface area contributed by atoms with E-state index in [1.54, 1.807) is 20.8 Å². The van der Waals surface area contributed by atoms with Crippen LogP contribution in [0.3, 0.4) is 0 Å². The van der Waals surface area contributed by atoms with Crippen molar-refractivity contribution in [3.05, 3.63) is 0 Å². The van der Waals surface area contributed by atoms with Gasteiger partial charge in [-0.05, 0) is 102 Å². The van der Waals surface area contributed by atoms with Gasteiger partial charge < -0.3 is 57.6 Å². The smallest absolute Gasteiger partial charge is 0.303 e. The second kappa shape index (κ2) is 25.2. The van der Waals surface area contributed by atoms with Crippen LogP contribution in [0.4, 0.5) is 0 Å². The van der Waals surface area contributed by atoms with Gasteiger partial charge in [0.2, 0.25) is 5.91 Å². The molecule has 0 heterocycles. The van der Waals surface area contributed by atoms with E-state index in [1.807, 2.05) is 55.4 Å². The molecular weight excluding hydrogens is 678 g/mol. The number of hydrogen-bond donors (Lipinski definition) is 11. The summed E-state index contributed by atoms with van der Waals surface area (Å²) >= 11 is 0. The zero-order valence-electron chi connectivity index (χ0n) is 32.3. The molecule has 0 unspecified atom stereocenters. The Morgan fingerprint density at radius 3 is 1.29 bits per heavy atom. The fourth-order valence-corrected chi connectivity index (χ4v) is 4.09. The quantitative estimate of drug-likeness (QED) is 0.0292. The Morgan fingerprint density at radius 2 is 0.923 bits per heavy atom. The van der Waals surface area contributed by atoms with Crippen LogP contribution in [-0.2, 0) is 14.4 Å². The number of carbonyl (C=O) groups excluding carboxylic acids is 1.